The number of nitrogens with zero attached hydrogens (tertiary/aromatic N) is 4. The van der Waals surface area contributed by atoms with Gasteiger partial charge in [0.25, 0.3) is 0 Å². The summed E-state index contributed by atoms with van der Waals surface area (Å²) in [4.78, 5) is 37.5. The Balaban J connectivity index is 0.000000616. The van der Waals surface area contributed by atoms with Crippen molar-refractivity contribution in [1.29, 1.82) is 0 Å². The van der Waals surface area contributed by atoms with Crippen LogP contribution in [-0.2, 0) is 19.6 Å². The number of carbonyl (C=O) groups is 2. The van der Waals surface area contributed by atoms with Gasteiger partial charge in [-0.15, -0.1) is 0 Å². The van der Waals surface area contributed by atoms with Crippen LogP contribution in [0.2, 0.25) is 0 Å². The number of aliphatic carboxylic acids is 2. The van der Waals surface area contributed by atoms with Crippen molar-refractivity contribution in [3.05, 3.63) is 36.2 Å². The summed E-state index contributed by atoms with van der Waals surface area (Å²) >= 11 is 0. The number of carboxylic acid groups (broad SMARTS) is 2. The molecule has 0 aliphatic carbocycles. The number of hydrogen-bond acceptors (Lipinski definition) is 10. The van der Waals surface area contributed by atoms with E-state index in [1.165, 1.54) is 24.7 Å². The standard InChI is InChI=1S/C22H27N7O5S.C2HF3O2/c30-18(31)6-1-2-7-27-35(33,34)16-5-3-4-15(12-16)24-13-17-19-20(28-22(17)32)25-14-26-21(19)29-10-8-23-9-11-29;3-2(4,5)1(6)7/h3-5,12-14,23,27,32H,1-2,6-11H2,(H,30,31)(H,25,26,28);(H,6,7). The molecule has 1 aliphatic heterocycles. The fourth-order valence-corrected chi connectivity index (χ4v) is 4.93. The molecule has 0 spiro atoms. The van der Waals surface area contributed by atoms with Gasteiger partial charge in [0.15, 0.2) is 5.88 Å². The fourth-order valence-electron chi connectivity index (χ4n) is 3.82. The molecule has 2 aromatic heterocycles. The summed E-state index contributed by atoms with van der Waals surface area (Å²) in [5.41, 5.74) is 1.28. The number of nitrogens with one attached hydrogen (secondary N) is 3. The van der Waals surface area contributed by atoms with E-state index in [9.17, 15) is 31.5 Å². The second-order valence-corrected chi connectivity index (χ2v) is 10.6. The highest BCUT2D eigenvalue weighted by Crippen LogP contribution is 2.32. The van der Waals surface area contributed by atoms with E-state index in [4.69, 9.17) is 15.0 Å². The lowest BCUT2D eigenvalue weighted by atomic mass is 10.2. The zero-order valence-electron chi connectivity index (χ0n) is 21.9. The van der Waals surface area contributed by atoms with Gasteiger partial charge in [-0.3, -0.25) is 9.79 Å². The van der Waals surface area contributed by atoms with Crippen molar-refractivity contribution in [3.63, 3.8) is 0 Å². The van der Waals surface area contributed by atoms with Crippen LogP contribution in [-0.4, -0.2) is 95.7 Å². The highest BCUT2D eigenvalue weighted by molar-refractivity contribution is 7.89. The third-order valence-electron chi connectivity index (χ3n) is 5.83. The van der Waals surface area contributed by atoms with E-state index in [0.717, 1.165) is 26.2 Å². The number of carboxylic acids is 2. The predicted molar refractivity (Wildman–Crippen MR) is 145 cm³/mol. The van der Waals surface area contributed by atoms with Crippen LogP contribution in [0.1, 0.15) is 24.8 Å². The molecule has 18 heteroatoms. The summed E-state index contributed by atoms with van der Waals surface area (Å²) in [5.74, 6) is -3.08. The van der Waals surface area contributed by atoms with Gasteiger partial charge in [-0.1, -0.05) is 6.07 Å². The number of aliphatic imine (C=N–C) groups is 1. The van der Waals surface area contributed by atoms with Crippen molar-refractivity contribution in [2.45, 2.75) is 30.3 Å². The number of unbranched alkanes of at least 4 members (excludes halogenated alkanes) is 1. The van der Waals surface area contributed by atoms with Crippen LogP contribution in [0.5, 0.6) is 5.88 Å². The smallest absolute Gasteiger partial charge is 0.490 e. The van der Waals surface area contributed by atoms with Crippen molar-refractivity contribution in [1.82, 2.24) is 25.0 Å². The Hall–Kier alpha value is -4.29. The first kappa shape index (κ1) is 32.2. The Morgan fingerprint density at radius 1 is 1.14 bits per heavy atom. The zero-order chi connectivity index (χ0) is 30.9. The van der Waals surface area contributed by atoms with Crippen molar-refractivity contribution in [2.75, 3.05) is 37.6 Å². The molecule has 42 heavy (non-hydrogen) atoms. The van der Waals surface area contributed by atoms with Gasteiger partial charge in [0.2, 0.25) is 10.0 Å². The first-order valence-corrected chi connectivity index (χ1v) is 13.9. The minimum atomic E-state index is -5.08. The molecule has 1 fully saturated rings. The van der Waals surface area contributed by atoms with Crippen LogP contribution < -0.4 is 14.9 Å². The molecular weight excluding hydrogens is 587 g/mol. The second-order valence-electron chi connectivity index (χ2n) is 8.85. The average molecular weight is 616 g/mol. The van der Waals surface area contributed by atoms with Gasteiger partial charge in [0.05, 0.1) is 21.5 Å². The van der Waals surface area contributed by atoms with E-state index in [0.29, 0.717) is 40.9 Å². The number of aromatic nitrogens is 3. The first-order chi connectivity index (χ1) is 19.8. The van der Waals surface area contributed by atoms with Gasteiger partial charge in [0, 0.05) is 45.4 Å². The summed E-state index contributed by atoms with van der Waals surface area (Å²) in [7, 11) is -3.78. The quantitative estimate of drug-likeness (QED) is 0.143. The van der Waals surface area contributed by atoms with E-state index in [1.54, 1.807) is 12.1 Å². The predicted octanol–water partition coefficient (Wildman–Crippen LogP) is 1.99. The number of H-pyrrole nitrogens is 1. The molecule has 6 N–H and O–H groups in total. The highest BCUT2D eigenvalue weighted by atomic mass is 32.2. The Kier molecular flexibility index (Phi) is 10.8. The van der Waals surface area contributed by atoms with Gasteiger partial charge in [-0.2, -0.15) is 13.2 Å². The van der Waals surface area contributed by atoms with Crippen LogP contribution in [0, 0.1) is 0 Å². The monoisotopic (exact) mass is 615 g/mol. The number of piperazine rings is 1. The maximum atomic E-state index is 12.6. The van der Waals surface area contributed by atoms with E-state index >= 15 is 0 Å². The van der Waals surface area contributed by atoms with Gasteiger partial charge in [-0.25, -0.2) is 27.9 Å². The molecule has 14 nitrogen and oxygen atoms in total. The number of sulfonamides is 1. The molecular formula is C24H28F3N7O7S. The number of rotatable bonds is 10. The molecule has 0 saturated carbocycles. The largest absolute Gasteiger partial charge is 0.494 e. The van der Waals surface area contributed by atoms with Crippen molar-refractivity contribution < 1.29 is 46.5 Å². The third-order valence-corrected chi connectivity index (χ3v) is 7.29. The molecule has 228 valence electrons. The number of fused-ring (bicyclic) bond motifs is 1. The molecule has 1 aliphatic rings. The minimum absolute atomic E-state index is 0.00594. The van der Waals surface area contributed by atoms with Crippen LogP contribution in [0.25, 0.3) is 11.0 Å². The molecule has 0 bridgehead atoms. The number of hydrogen-bond donors (Lipinski definition) is 6. The summed E-state index contributed by atoms with van der Waals surface area (Å²) in [6, 6.07) is 6.12. The van der Waals surface area contributed by atoms with Crippen molar-refractivity contribution in [3.8, 4) is 5.88 Å². The summed E-state index contributed by atoms with van der Waals surface area (Å²) in [6.45, 7) is 3.30. The average Bonchev–Trinajstić information content (AvgIpc) is 3.26. The maximum Gasteiger partial charge on any atom is 0.490 e. The van der Waals surface area contributed by atoms with Crippen LogP contribution >= 0.6 is 0 Å². The number of aromatic amines is 1. The summed E-state index contributed by atoms with van der Waals surface area (Å²) < 4.78 is 59.4. The molecule has 1 aromatic carbocycles. The number of halogens is 3. The number of benzene rings is 1. The normalized spacial score (nSPS) is 14.1. The van der Waals surface area contributed by atoms with Crippen LogP contribution in [0.15, 0.2) is 40.5 Å². The van der Waals surface area contributed by atoms with E-state index in [2.05, 4.69) is 34.9 Å². The maximum absolute atomic E-state index is 12.6. The lowest BCUT2D eigenvalue weighted by Gasteiger charge is -2.28. The zero-order valence-corrected chi connectivity index (χ0v) is 22.7. The molecule has 0 unspecified atom stereocenters. The summed E-state index contributed by atoms with van der Waals surface area (Å²) in [6.07, 6.45) is -1.38. The molecule has 0 amide bonds. The van der Waals surface area contributed by atoms with Crippen LogP contribution in [0.4, 0.5) is 24.7 Å². The second kappa shape index (κ2) is 14.1. The highest BCUT2D eigenvalue weighted by Gasteiger charge is 2.38. The number of alkyl halides is 3. The van der Waals surface area contributed by atoms with Crippen molar-refractivity contribution >= 4 is 50.7 Å². The van der Waals surface area contributed by atoms with Crippen LogP contribution in [0.3, 0.4) is 0 Å². The fraction of sp³-hybridized carbons (Fsp3) is 0.375. The molecule has 0 atom stereocenters. The first-order valence-electron chi connectivity index (χ1n) is 12.5. The lowest BCUT2D eigenvalue weighted by molar-refractivity contribution is -0.192. The Morgan fingerprint density at radius 3 is 2.48 bits per heavy atom. The minimum Gasteiger partial charge on any atom is -0.494 e. The van der Waals surface area contributed by atoms with E-state index < -0.39 is 28.1 Å². The molecule has 0 radical (unpaired) electrons. The van der Waals surface area contributed by atoms with E-state index in [1.807, 2.05) is 0 Å². The van der Waals surface area contributed by atoms with Gasteiger partial charge in [-0.05, 0) is 31.0 Å². The van der Waals surface area contributed by atoms with Gasteiger partial charge in [0.1, 0.15) is 17.8 Å². The Morgan fingerprint density at radius 2 is 1.83 bits per heavy atom. The molecule has 1 saturated heterocycles. The third kappa shape index (κ3) is 8.85. The molecule has 3 heterocycles. The lowest BCUT2D eigenvalue weighted by Crippen LogP contribution is -2.44. The van der Waals surface area contributed by atoms with Gasteiger partial charge >= 0.3 is 18.1 Å². The Labute approximate surface area is 237 Å². The molecule has 3 aromatic rings. The topological polar surface area (TPSA) is 210 Å². The summed E-state index contributed by atoms with van der Waals surface area (Å²) in [5, 5.41) is 30.2. The number of anilines is 1. The number of aromatic hydroxyl groups is 1. The van der Waals surface area contributed by atoms with Crippen molar-refractivity contribution in [2.24, 2.45) is 4.99 Å². The SMILES string of the molecule is O=C(O)C(F)(F)F.O=C(O)CCCCNS(=O)(=O)c1cccc(N=Cc2c(O)[nH]c3ncnc(N4CCNCC4)c23)c1. The van der Waals surface area contributed by atoms with E-state index in [-0.39, 0.29) is 23.7 Å². The molecule has 4 rings (SSSR count). The Bertz CT molecular complexity index is 1540. The van der Waals surface area contributed by atoms with Gasteiger partial charge < -0.3 is 30.5 Å².